The first kappa shape index (κ1) is 13.8. The molecule has 0 unspecified atom stereocenters. The average molecular weight is 276 g/mol. The Labute approximate surface area is 118 Å². The van der Waals surface area contributed by atoms with Crippen molar-refractivity contribution in [3.05, 3.63) is 34.4 Å². The smallest absolute Gasteiger partial charge is 0.128 e. The highest BCUT2D eigenvalue weighted by Crippen LogP contribution is 2.15. The summed E-state index contributed by atoms with van der Waals surface area (Å²) in [6.07, 6.45) is 1.88. The van der Waals surface area contributed by atoms with Gasteiger partial charge in [-0.2, -0.15) is 0 Å². The Bertz CT molecular complexity index is 502. The molecule has 2 aromatic rings. The Morgan fingerprint density at radius 2 is 2.05 bits per heavy atom. The molecule has 0 bridgehead atoms. The molecule has 4 nitrogen and oxygen atoms in total. The fourth-order valence-corrected chi connectivity index (χ4v) is 2.60. The molecule has 0 aromatic carbocycles. The number of rotatable bonds is 6. The number of nitrogens with one attached hydrogen (secondary N) is 1. The zero-order valence-corrected chi connectivity index (χ0v) is 12.5. The molecule has 0 radical (unpaired) electrons. The van der Waals surface area contributed by atoms with E-state index in [0.29, 0.717) is 0 Å². The molecule has 0 aliphatic heterocycles. The molecule has 1 N–H and O–H groups in total. The summed E-state index contributed by atoms with van der Waals surface area (Å²) in [5.74, 6) is 1.03. The maximum atomic E-state index is 4.48. The molecule has 0 fully saturated rings. The monoisotopic (exact) mass is 276 g/mol. The van der Waals surface area contributed by atoms with Gasteiger partial charge in [-0.1, -0.05) is 0 Å². The second kappa shape index (κ2) is 6.52. The highest BCUT2D eigenvalue weighted by Gasteiger charge is 2.03. The second-order valence-electron chi connectivity index (χ2n) is 4.31. The van der Waals surface area contributed by atoms with E-state index in [1.54, 1.807) is 11.3 Å². The van der Waals surface area contributed by atoms with Crippen molar-refractivity contribution in [1.82, 2.24) is 9.97 Å². The summed E-state index contributed by atoms with van der Waals surface area (Å²) in [6, 6.07) is 4.13. The van der Waals surface area contributed by atoms with Crippen molar-refractivity contribution in [3.63, 3.8) is 0 Å². The number of aromatic nitrogens is 2. The van der Waals surface area contributed by atoms with Crippen molar-refractivity contribution < 1.29 is 0 Å². The first-order chi connectivity index (χ1) is 9.22. The van der Waals surface area contributed by atoms with Crippen LogP contribution in [-0.2, 0) is 6.54 Å². The third kappa shape index (κ3) is 3.67. The molecule has 102 valence electrons. The first-order valence-electron chi connectivity index (χ1n) is 6.58. The highest BCUT2D eigenvalue weighted by atomic mass is 32.1. The molecule has 0 saturated heterocycles. The number of anilines is 2. The van der Waals surface area contributed by atoms with Crippen molar-refractivity contribution in [2.24, 2.45) is 0 Å². The van der Waals surface area contributed by atoms with Crippen LogP contribution in [0, 0.1) is 6.92 Å². The predicted octanol–water partition coefficient (Wildman–Crippen LogP) is 3.30. The zero-order chi connectivity index (χ0) is 13.7. The van der Waals surface area contributed by atoms with Crippen LogP contribution in [0.1, 0.15) is 24.5 Å². The lowest BCUT2D eigenvalue weighted by molar-refractivity contribution is 0.846. The van der Waals surface area contributed by atoms with Gasteiger partial charge in [-0.25, -0.2) is 9.97 Å². The lowest BCUT2D eigenvalue weighted by Crippen LogP contribution is -2.22. The standard InChI is InChI=1S/C14H20N4S/c1-4-18(5-2)13-7-6-12(8-16-13)15-9-14-17-11(3)10-19-14/h6-8,10,15H,4-5,9H2,1-3H3. The van der Waals surface area contributed by atoms with Gasteiger partial charge in [0.2, 0.25) is 0 Å². The molecule has 2 rings (SSSR count). The van der Waals surface area contributed by atoms with Crippen molar-refractivity contribution in [2.75, 3.05) is 23.3 Å². The minimum absolute atomic E-state index is 0.755. The summed E-state index contributed by atoms with van der Waals surface area (Å²) in [5, 5.41) is 6.51. The normalized spacial score (nSPS) is 10.5. The minimum atomic E-state index is 0.755. The Hall–Kier alpha value is -1.62. The number of thiazole rings is 1. The van der Waals surface area contributed by atoms with Gasteiger partial charge in [-0.15, -0.1) is 11.3 Å². The van der Waals surface area contributed by atoms with E-state index in [4.69, 9.17) is 0 Å². The summed E-state index contributed by atoms with van der Waals surface area (Å²) < 4.78 is 0. The lowest BCUT2D eigenvalue weighted by Gasteiger charge is -2.19. The topological polar surface area (TPSA) is 41.0 Å². The van der Waals surface area contributed by atoms with E-state index in [0.717, 1.165) is 41.8 Å². The molecule has 2 aromatic heterocycles. The van der Waals surface area contributed by atoms with Gasteiger partial charge >= 0.3 is 0 Å². The van der Waals surface area contributed by atoms with E-state index in [9.17, 15) is 0 Å². The average Bonchev–Trinajstić information content (AvgIpc) is 2.85. The van der Waals surface area contributed by atoms with Gasteiger partial charge in [0.1, 0.15) is 10.8 Å². The number of hydrogen-bond acceptors (Lipinski definition) is 5. The van der Waals surface area contributed by atoms with Gasteiger partial charge < -0.3 is 10.2 Å². The Morgan fingerprint density at radius 3 is 2.58 bits per heavy atom. The van der Waals surface area contributed by atoms with Crippen LogP contribution in [0.3, 0.4) is 0 Å². The van der Waals surface area contributed by atoms with Gasteiger partial charge in [0.25, 0.3) is 0 Å². The zero-order valence-electron chi connectivity index (χ0n) is 11.7. The maximum absolute atomic E-state index is 4.48. The van der Waals surface area contributed by atoms with Gasteiger partial charge in [-0.05, 0) is 32.9 Å². The van der Waals surface area contributed by atoms with Crippen molar-refractivity contribution in [3.8, 4) is 0 Å². The molecule has 0 spiro atoms. The Balaban J connectivity index is 1.95. The Morgan fingerprint density at radius 1 is 1.26 bits per heavy atom. The van der Waals surface area contributed by atoms with Gasteiger partial charge in [0.05, 0.1) is 18.4 Å². The van der Waals surface area contributed by atoms with E-state index < -0.39 is 0 Å². The maximum Gasteiger partial charge on any atom is 0.128 e. The van der Waals surface area contributed by atoms with Crippen LogP contribution >= 0.6 is 11.3 Å². The molecule has 5 heteroatoms. The number of nitrogens with zero attached hydrogens (tertiary/aromatic N) is 3. The van der Waals surface area contributed by atoms with E-state index in [2.05, 4.69) is 51.5 Å². The largest absolute Gasteiger partial charge is 0.377 e. The third-order valence-corrected chi connectivity index (χ3v) is 3.91. The van der Waals surface area contributed by atoms with Crippen molar-refractivity contribution in [2.45, 2.75) is 27.3 Å². The predicted molar refractivity (Wildman–Crippen MR) is 82.0 cm³/mol. The quantitative estimate of drug-likeness (QED) is 0.879. The SMILES string of the molecule is CCN(CC)c1ccc(NCc2nc(C)cs2)cn1. The van der Waals surface area contributed by atoms with E-state index in [1.165, 1.54) is 0 Å². The van der Waals surface area contributed by atoms with Crippen molar-refractivity contribution >= 4 is 22.8 Å². The van der Waals surface area contributed by atoms with Crippen LogP contribution < -0.4 is 10.2 Å². The van der Waals surface area contributed by atoms with Crippen LogP contribution in [0.4, 0.5) is 11.5 Å². The van der Waals surface area contributed by atoms with Gasteiger partial charge in [0.15, 0.2) is 0 Å². The molecule has 19 heavy (non-hydrogen) atoms. The molecule has 0 amide bonds. The second-order valence-corrected chi connectivity index (χ2v) is 5.26. The molecule has 0 atom stereocenters. The van der Waals surface area contributed by atoms with Crippen LogP contribution in [-0.4, -0.2) is 23.1 Å². The summed E-state index contributed by atoms with van der Waals surface area (Å²) in [7, 11) is 0. The Kier molecular flexibility index (Phi) is 4.74. The molecular formula is C14H20N4S. The van der Waals surface area contributed by atoms with Gasteiger partial charge in [-0.3, -0.25) is 0 Å². The minimum Gasteiger partial charge on any atom is -0.377 e. The van der Waals surface area contributed by atoms with Crippen LogP contribution in [0.15, 0.2) is 23.7 Å². The number of aryl methyl sites for hydroxylation is 1. The number of hydrogen-bond donors (Lipinski definition) is 1. The molecule has 2 heterocycles. The molecule has 0 saturated carbocycles. The highest BCUT2D eigenvalue weighted by molar-refractivity contribution is 7.09. The first-order valence-corrected chi connectivity index (χ1v) is 7.46. The molecule has 0 aliphatic rings. The lowest BCUT2D eigenvalue weighted by atomic mass is 10.3. The third-order valence-electron chi connectivity index (χ3n) is 2.95. The van der Waals surface area contributed by atoms with Crippen LogP contribution in [0.5, 0.6) is 0 Å². The summed E-state index contributed by atoms with van der Waals surface area (Å²) in [6.45, 7) is 9.01. The summed E-state index contributed by atoms with van der Waals surface area (Å²) in [5.41, 5.74) is 2.11. The fourth-order valence-electron chi connectivity index (χ4n) is 1.89. The van der Waals surface area contributed by atoms with Crippen LogP contribution in [0.25, 0.3) is 0 Å². The number of pyridine rings is 1. The summed E-state index contributed by atoms with van der Waals surface area (Å²) in [4.78, 5) is 11.1. The molecule has 0 aliphatic carbocycles. The van der Waals surface area contributed by atoms with E-state index in [1.807, 2.05) is 13.1 Å². The van der Waals surface area contributed by atoms with E-state index in [-0.39, 0.29) is 0 Å². The van der Waals surface area contributed by atoms with E-state index >= 15 is 0 Å². The molecular weight excluding hydrogens is 256 g/mol. The van der Waals surface area contributed by atoms with Crippen molar-refractivity contribution in [1.29, 1.82) is 0 Å². The fraction of sp³-hybridized carbons (Fsp3) is 0.429. The van der Waals surface area contributed by atoms with Crippen LogP contribution in [0.2, 0.25) is 0 Å². The van der Waals surface area contributed by atoms with Gasteiger partial charge in [0, 0.05) is 24.2 Å². The summed E-state index contributed by atoms with van der Waals surface area (Å²) >= 11 is 1.68.